The summed E-state index contributed by atoms with van der Waals surface area (Å²) in [5, 5.41) is 33.8. The number of fused-ring (bicyclic) bond motifs is 1. The molecule has 0 amide bonds. The third-order valence-electron chi connectivity index (χ3n) is 7.09. The second-order valence-electron chi connectivity index (χ2n) is 11.3. The van der Waals surface area contributed by atoms with Gasteiger partial charge in [-0.25, -0.2) is 15.0 Å². The number of nitrogens with zero attached hydrogens (tertiary/aromatic N) is 5. The minimum atomic E-state index is -1.31. The molecule has 3 heterocycles. The summed E-state index contributed by atoms with van der Waals surface area (Å²) in [6, 6.07) is 16.2. The molecule has 41 heavy (non-hydrogen) atoms. The molecule has 218 valence electrons. The lowest BCUT2D eigenvalue weighted by Crippen LogP contribution is -2.35. The number of aliphatic hydroxyl groups excluding tert-OH is 3. The Hall–Kier alpha value is -3.81. The summed E-state index contributed by atoms with van der Waals surface area (Å²) < 4.78 is 14.2. The normalized spacial score (nSPS) is 20.9. The smallest absolute Gasteiger partial charge is 0.207 e. The van der Waals surface area contributed by atoms with Crippen LogP contribution in [0.15, 0.2) is 54.9 Å². The third kappa shape index (κ3) is 6.42. The number of imidazole rings is 1. The van der Waals surface area contributed by atoms with Crippen molar-refractivity contribution in [2.45, 2.75) is 37.5 Å². The highest BCUT2D eigenvalue weighted by molar-refractivity contribution is 5.84. The second kappa shape index (κ2) is 12.0. The minimum absolute atomic E-state index is 0.174. The van der Waals surface area contributed by atoms with Crippen LogP contribution < -0.4 is 15.8 Å². The molecule has 2 aromatic carbocycles. The number of hydrogen-bond acceptors (Lipinski definition) is 10. The van der Waals surface area contributed by atoms with Crippen molar-refractivity contribution in [2.75, 3.05) is 52.0 Å². The van der Waals surface area contributed by atoms with E-state index in [1.165, 1.54) is 10.9 Å². The molecule has 1 fully saturated rings. The summed E-state index contributed by atoms with van der Waals surface area (Å²) in [5.41, 5.74) is 9.82. The monoisotopic (exact) mass is 564 g/mol. The van der Waals surface area contributed by atoms with Crippen molar-refractivity contribution in [1.29, 1.82) is 0 Å². The van der Waals surface area contributed by atoms with Crippen LogP contribution in [0.1, 0.15) is 18.2 Å². The van der Waals surface area contributed by atoms with E-state index >= 15 is 0 Å². The summed E-state index contributed by atoms with van der Waals surface area (Å²) in [6.07, 6.45) is -2.28. The summed E-state index contributed by atoms with van der Waals surface area (Å²) in [4.78, 5) is 12.8. The van der Waals surface area contributed by atoms with Crippen LogP contribution in [0, 0.1) is 0 Å². The first-order valence-electron chi connectivity index (χ1n) is 13.6. The van der Waals surface area contributed by atoms with Crippen LogP contribution in [0.2, 0.25) is 0 Å². The van der Waals surface area contributed by atoms with Crippen LogP contribution in [-0.4, -0.2) is 98.5 Å². The van der Waals surface area contributed by atoms with Gasteiger partial charge in [-0.2, -0.15) is 0 Å². The van der Waals surface area contributed by atoms with Gasteiger partial charge in [0, 0.05) is 13.0 Å². The van der Waals surface area contributed by atoms with E-state index in [0.717, 1.165) is 39.9 Å². The average molecular weight is 565 g/mol. The topological polar surface area (TPSA) is 161 Å². The van der Waals surface area contributed by atoms with Crippen LogP contribution in [0.5, 0.6) is 5.75 Å². The van der Waals surface area contributed by atoms with E-state index in [9.17, 15) is 15.3 Å². The molecule has 6 N–H and O–H groups in total. The number of nitrogen functional groups attached to an aromatic ring is 1. The van der Waals surface area contributed by atoms with Crippen molar-refractivity contribution >= 4 is 22.9 Å². The van der Waals surface area contributed by atoms with Gasteiger partial charge in [-0.1, -0.05) is 36.4 Å². The van der Waals surface area contributed by atoms with E-state index in [-0.39, 0.29) is 5.82 Å². The van der Waals surface area contributed by atoms with Gasteiger partial charge >= 0.3 is 0 Å². The average Bonchev–Trinajstić information content (AvgIpc) is 3.47. The molecule has 0 aliphatic carbocycles. The zero-order valence-electron chi connectivity index (χ0n) is 23.5. The summed E-state index contributed by atoms with van der Waals surface area (Å²) in [5.74, 6) is 1.36. The lowest BCUT2D eigenvalue weighted by Gasteiger charge is -2.23. The van der Waals surface area contributed by atoms with Gasteiger partial charge in [-0.05, 0) is 28.8 Å². The van der Waals surface area contributed by atoms with E-state index in [4.69, 9.17) is 15.2 Å². The quantitative estimate of drug-likeness (QED) is 0.134. The van der Waals surface area contributed by atoms with Crippen molar-refractivity contribution in [3.63, 3.8) is 0 Å². The maximum atomic E-state index is 10.7. The van der Waals surface area contributed by atoms with Crippen molar-refractivity contribution in [1.82, 2.24) is 19.5 Å². The van der Waals surface area contributed by atoms with Gasteiger partial charge in [0.1, 0.15) is 30.4 Å². The Balaban J connectivity index is 1.29. The highest BCUT2D eigenvalue weighted by Crippen LogP contribution is 2.35. The Labute approximate surface area is 238 Å². The highest BCUT2D eigenvalue weighted by Gasteiger charge is 2.45. The number of aliphatic hydroxyl groups is 3. The molecule has 0 saturated carbocycles. The Kier molecular flexibility index (Phi) is 8.38. The molecule has 1 aliphatic heterocycles. The van der Waals surface area contributed by atoms with E-state index in [0.29, 0.717) is 30.3 Å². The van der Waals surface area contributed by atoms with E-state index < -0.39 is 31.1 Å². The predicted octanol–water partition coefficient (Wildman–Crippen LogP) is 1.77. The molecular weight excluding hydrogens is 526 g/mol. The molecule has 0 bridgehead atoms. The van der Waals surface area contributed by atoms with Crippen LogP contribution in [-0.2, 0) is 11.3 Å². The van der Waals surface area contributed by atoms with Gasteiger partial charge in [0.15, 0.2) is 23.2 Å². The summed E-state index contributed by atoms with van der Waals surface area (Å²) in [6.45, 7) is 1.68. The van der Waals surface area contributed by atoms with Crippen molar-refractivity contribution in [3.05, 3.63) is 60.4 Å². The SMILES string of the molecule is C[N+](C)(C)CCCOc1cccc(-c2ccc(CNc3nc4c(N)ncnc4n3[C@@H]3O[C@H](CO)[C@@H](O)[C@H]3O)cc2)c1. The van der Waals surface area contributed by atoms with Crippen LogP contribution in [0.4, 0.5) is 11.8 Å². The number of ether oxygens (including phenoxy) is 2. The standard InChI is InChI=1S/C29H38N7O5/c1-36(2,3)12-5-13-40-21-7-4-6-20(14-21)19-10-8-18(9-11-19)15-31-29-34-23-26(30)32-17-33-27(23)35(29)28-25(39)24(38)22(16-37)41-28/h4,6-11,14,17,22,24-25,28,37-39H,5,12-13,15-16H2,1-3H3,(H,31,34)(H2,30,32,33)/q+1/t22-,24-,25-,28-/m1/s1. The Morgan fingerprint density at radius 2 is 1.83 bits per heavy atom. The first-order chi connectivity index (χ1) is 19.6. The van der Waals surface area contributed by atoms with Gasteiger partial charge in [0.2, 0.25) is 5.95 Å². The first-order valence-corrected chi connectivity index (χ1v) is 13.6. The van der Waals surface area contributed by atoms with E-state index in [1.54, 1.807) is 0 Å². The van der Waals surface area contributed by atoms with E-state index in [1.807, 2.05) is 42.5 Å². The van der Waals surface area contributed by atoms with Gasteiger partial charge in [-0.15, -0.1) is 0 Å². The first kappa shape index (κ1) is 28.7. The summed E-state index contributed by atoms with van der Waals surface area (Å²) in [7, 11) is 6.52. The maximum Gasteiger partial charge on any atom is 0.207 e. The van der Waals surface area contributed by atoms with Crippen LogP contribution in [0.3, 0.4) is 0 Å². The molecule has 12 heteroatoms. The number of quaternary nitrogens is 1. The van der Waals surface area contributed by atoms with Gasteiger partial charge < -0.3 is 40.3 Å². The molecular formula is C29H38N7O5+. The fourth-order valence-corrected chi connectivity index (χ4v) is 4.88. The molecule has 5 rings (SSSR count). The third-order valence-corrected chi connectivity index (χ3v) is 7.09. The Bertz CT molecular complexity index is 1470. The molecule has 0 unspecified atom stereocenters. The lowest BCUT2D eigenvalue weighted by molar-refractivity contribution is -0.870. The van der Waals surface area contributed by atoms with Crippen molar-refractivity contribution < 1.29 is 29.3 Å². The molecule has 2 aromatic heterocycles. The number of rotatable bonds is 11. The van der Waals surface area contributed by atoms with Crippen molar-refractivity contribution in [2.24, 2.45) is 0 Å². The number of nitrogens with two attached hydrogens (primary N) is 1. The van der Waals surface area contributed by atoms with Gasteiger partial charge in [0.05, 0.1) is 40.9 Å². The van der Waals surface area contributed by atoms with E-state index in [2.05, 4.69) is 47.5 Å². The molecule has 4 atom stereocenters. The van der Waals surface area contributed by atoms with Crippen LogP contribution in [0.25, 0.3) is 22.3 Å². The Morgan fingerprint density at radius 1 is 1.05 bits per heavy atom. The second-order valence-corrected chi connectivity index (χ2v) is 11.3. The largest absolute Gasteiger partial charge is 0.493 e. The molecule has 1 aliphatic rings. The molecule has 0 spiro atoms. The number of nitrogens with one attached hydrogen (secondary N) is 1. The van der Waals surface area contributed by atoms with Crippen molar-refractivity contribution in [3.8, 4) is 16.9 Å². The predicted molar refractivity (Wildman–Crippen MR) is 155 cm³/mol. The molecule has 12 nitrogen and oxygen atoms in total. The fourth-order valence-electron chi connectivity index (χ4n) is 4.88. The van der Waals surface area contributed by atoms with Gasteiger partial charge in [-0.3, -0.25) is 4.57 Å². The fraction of sp³-hybridized carbons (Fsp3) is 0.414. The Morgan fingerprint density at radius 3 is 2.54 bits per heavy atom. The molecule has 0 radical (unpaired) electrons. The van der Waals surface area contributed by atoms with Crippen LogP contribution >= 0.6 is 0 Å². The van der Waals surface area contributed by atoms with Gasteiger partial charge in [0.25, 0.3) is 0 Å². The number of benzene rings is 2. The summed E-state index contributed by atoms with van der Waals surface area (Å²) >= 11 is 0. The highest BCUT2D eigenvalue weighted by atomic mass is 16.6. The number of anilines is 2. The maximum absolute atomic E-state index is 10.7. The minimum Gasteiger partial charge on any atom is -0.493 e. The number of aromatic nitrogens is 4. The molecule has 4 aromatic rings. The molecule has 1 saturated heterocycles. The number of hydrogen-bond donors (Lipinski definition) is 5. The lowest BCUT2D eigenvalue weighted by atomic mass is 10.0. The zero-order valence-corrected chi connectivity index (χ0v) is 23.5. The zero-order chi connectivity index (χ0) is 29.1.